The molecular weight excluding hydrogens is 195 g/mol. The molecule has 0 spiro atoms. The average molecular weight is 210 g/mol. The van der Waals surface area contributed by atoms with Crippen molar-refractivity contribution in [2.45, 2.75) is 25.9 Å². The molecular formula is C12H15FO2. The van der Waals surface area contributed by atoms with Gasteiger partial charge in [-0.3, -0.25) is 0 Å². The van der Waals surface area contributed by atoms with Gasteiger partial charge in [-0.1, -0.05) is 37.3 Å². The van der Waals surface area contributed by atoms with Crippen LogP contribution in [-0.4, -0.2) is 18.7 Å². The van der Waals surface area contributed by atoms with Crippen LogP contribution in [0.2, 0.25) is 0 Å². The van der Waals surface area contributed by atoms with Crippen molar-refractivity contribution in [3.05, 3.63) is 35.9 Å². The first-order valence-electron chi connectivity index (χ1n) is 5.02. The van der Waals surface area contributed by atoms with E-state index in [0.29, 0.717) is 0 Å². The molecule has 0 heterocycles. The minimum Gasteiger partial charge on any atom is -0.464 e. The van der Waals surface area contributed by atoms with Gasteiger partial charge in [0.1, 0.15) is 0 Å². The highest BCUT2D eigenvalue weighted by Gasteiger charge is 2.26. The summed E-state index contributed by atoms with van der Waals surface area (Å²) in [6, 6.07) is 9.11. The van der Waals surface area contributed by atoms with Crippen LogP contribution in [0.4, 0.5) is 4.39 Å². The molecule has 0 unspecified atom stereocenters. The van der Waals surface area contributed by atoms with Gasteiger partial charge in [0, 0.05) is 5.92 Å². The minimum absolute atomic E-state index is 0.209. The summed E-state index contributed by atoms with van der Waals surface area (Å²) in [5, 5.41) is 0. The van der Waals surface area contributed by atoms with Crippen LogP contribution in [-0.2, 0) is 9.53 Å². The fourth-order valence-electron chi connectivity index (χ4n) is 1.35. The summed E-state index contributed by atoms with van der Waals surface area (Å²) in [5.41, 5.74) is 0.804. The first-order chi connectivity index (χ1) is 7.16. The van der Waals surface area contributed by atoms with E-state index >= 15 is 0 Å². The zero-order valence-corrected chi connectivity index (χ0v) is 8.94. The second-order valence-corrected chi connectivity index (χ2v) is 3.35. The van der Waals surface area contributed by atoms with Crippen molar-refractivity contribution in [3.63, 3.8) is 0 Å². The van der Waals surface area contributed by atoms with Crippen molar-refractivity contribution >= 4 is 5.97 Å². The number of halogens is 1. The van der Waals surface area contributed by atoms with Gasteiger partial charge in [0.05, 0.1) is 6.61 Å². The van der Waals surface area contributed by atoms with Gasteiger partial charge in [-0.2, -0.15) is 0 Å². The van der Waals surface area contributed by atoms with Crippen molar-refractivity contribution < 1.29 is 13.9 Å². The molecule has 1 aromatic carbocycles. The number of benzene rings is 1. The standard InChI is InChI=1S/C12H15FO2/c1-3-15-12(14)11(13)9(2)10-7-5-4-6-8-10/h4-9,11H,3H2,1-2H3/t9-,11+/m1/s1. The van der Waals surface area contributed by atoms with Gasteiger partial charge in [0.15, 0.2) is 0 Å². The van der Waals surface area contributed by atoms with Gasteiger partial charge >= 0.3 is 5.97 Å². The van der Waals surface area contributed by atoms with Crippen LogP contribution in [0.25, 0.3) is 0 Å². The second kappa shape index (κ2) is 5.49. The van der Waals surface area contributed by atoms with E-state index in [1.807, 2.05) is 18.2 Å². The zero-order valence-electron chi connectivity index (χ0n) is 8.94. The maximum Gasteiger partial charge on any atom is 0.341 e. The van der Waals surface area contributed by atoms with Gasteiger partial charge in [-0.15, -0.1) is 0 Å². The summed E-state index contributed by atoms with van der Waals surface area (Å²) in [6.07, 6.45) is -1.59. The molecule has 15 heavy (non-hydrogen) atoms. The van der Waals surface area contributed by atoms with Crippen molar-refractivity contribution in [2.24, 2.45) is 0 Å². The molecule has 0 aliphatic rings. The van der Waals surface area contributed by atoms with Gasteiger partial charge in [-0.25, -0.2) is 9.18 Å². The molecule has 82 valence electrons. The van der Waals surface area contributed by atoms with Gasteiger partial charge < -0.3 is 4.74 Å². The van der Waals surface area contributed by atoms with Crippen LogP contribution in [0.1, 0.15) is 25.3 Å². The van der Waals surface area contributed by atoms with E-state index in [0.717, 1.165) is 5.56 Å². The number of carbonyl (C=O) groups is 1. The Morgan fingerprint density at radius 1 is 1.40 bits per heavy atom. The van der Waals surface area contributed by atoms with E-state index in [9.17, 15) is 9.18 Å². The Morgan fingerprint density at radius 2 is 2.00 bits per heavy atom. The van der Waals surface area contributed by atoms with Crippen LogP contribution in [0.15, 0.2) is 30.3 Å². The number of ether oxygens (including phenoxy) is 1. The van der Waals surface area contributed by atoms with Crippen LogP contribution in [0.3, 0.4) is 0 Å². The lowest BCUT2D eigenvalue weighted by Gasteiger charge is -2.15. The fourth-order valence-corrected chi connectivity index (χ4v) is 1.35. The maximum absolute atomic E-state index is 13.6. The SMILES string of the molecule is CCOC(=O)[C@@H](F)[C@H](C)c1ccccc1. The number of esters is 1. The Labute approximate surface area is 89.1 Å². The summed E-state index contributed by atoms with van der Waals surface area (Å²) >= 11 is 0. The molecule has 0 bridgehead atoms. The number of hydrogen-bond donors (Lipinski definition) is 0. The lowest BCUT2D eigenvalue weighted by Crippen LogP contribution is -2.24. The van der Waals surface area contributed by atoms with Crippen molar-refractivity contribution in [3.8, 4) is 0 Å². The maximum atomic E-state index is 13.6. The highest BCUT2D eigenvalue weighted by Crippen LogP contribution is 2.22. The third-order valence-corrected chi connectivity index (χ3v) is 2.28. The van der Waals surface area contributed by atoms with Crippen LogP contribution < -0.4 is 0 Å². The summed E-state index contributed by atoms with van der Waals surface area (Å²) in [7, 11) is 0. The summed E-state index contributed by atoms with van der Waals surface area (Å²) in [4.78, 5) is 11.2. The quantitative estimate of drug-likeness (QED) is 0.714. The van der Waals surface area contributed by atoms with Crippen LogP contribution in [0, 0.1) is 0 Å². The molecule has 0 aromatic heterocycles. The molecule has 0 N–H and O–H groups in total. The highest BCUT2D eigenvalue weighted by molar-refractivity contribution is 5.75. The Balaban J connectivity index is 2.68. The number of alkyl halides is 1. The molecule has 0 amide bonds. The van der Waals surface area contributed by atoms with E-state index in [4.69, 9.17) is 0 Å². The molecule has 2 nitrogen and oxygen atoms in total. The Kier molecular flexibility index (Phi) is 4.28. The predicted octanol–water partition coefficient (Wildman–Crippen LogP) is 2.69. The lowest BCUT2D eigenvalue weighted by molar-refractivity contribution is -0.149. The van der Waals surface area contributed by atoms with E-state index in [-0.39, 0.29) is 6.61 Å². The topological polar surface area (TPSA) is 26.3 Å². The zero-order chi connectivity index (χ0) is 11.3. The van der Waals surface area contributed by atoms with E-state index in [1.54, 1.807) is 26.0 Å². The number of rotatable bonds is 4. The van der Waals surface area contributed by atoms with Gasteiger partial charge in [0.2, 0.25) is 6.17 Å². The third kappa shape index (κ3) is 3.05. The average Bonchev–Trinajstić information content (AvgIpc) is 2.28. The Morgan fingerprint density at radius 3 is 2.53 bits per heavy atom. The smallest absolute Gasteiger partial charge is 0.341 e. The molecule has 0 aliphatic heterocycles. The molecule has 0 saturated heterocycles. The molecule has 1 rings (SSSR count). The van der Waals surface area contributed by atoms with Crippen LogP contribution >= 0.6 is 0 Å². The molecule has 0 fully saturated rings. The highest BCUT2D eigenvalue weighted by atomic mass is 19.1. The first-order valence-corrected chi connectivity index (χ1v) is 5.02. The van der Waals surface area contributed by atoms with Gasteiger partial charge in [-0.05, 0) is 12.5 Å². The monoisotopic (exact) mass is 210 g/mol. The van der Waals surface area contributed by atoms with Crippen molar-refractivity contribution in [2.75, 3.05) is 6.61 Å². The Hall–Kier alpha value is -1.38. The predicted molar refractivity (Wildman–Crippen MR) is 56.4 cm³/mol. The summed E-state index contributed by atoms with van der Waals surface area (Å²) in [5.74, 6) is -1.25. The molecule has 3 heteroatoms. The van der Waals surface area contributed by atoms with E-state index in [2.05, 4.69) is 4.74 Å². The molecule has 0 saturated carbocycles. The molecule has 1 aromatic rings. The largest absolute Gasteiger partial charge is 0.464 e. The second-order valence-electron chi connectivity index (χ2n) is 3.35. The molecule has 2 atom stereocenters. The lowest BCUT2D eigenvalue weighted by atomic mass is 9.96. The van der Waals surface area contributed by atoms with Crippen molar-refractivity contribution in [1.29, 1.82) is 0 Å². The van der Waals surface area contributed by atoms with Crippen LogP contribution in [0.5, 0.6) is 0 Å². The summed E-state index contributed by atoms with van der Waals surface area (Å²) in [6.45, 7) is 3.55. The third-order valence-electron chi connectivity index (χ3n) is 2.28. The molecule has 0 aliphatic carbocycles. The molecule has 0 radical (unpaired) electrons. The van der Waals surface area contributed by atoms with Gasteiger partial charge in [0.25, 0.3) is 0 Å². The minimum atomic E-state index is -1.59. The number of hydrogen-bond acceptors (Lipinski definition) is 2. The van der Waals surface area contributed by atoms with E-state index in [1.165, 1.54) is 0 Å². The number of carbonyl (C=O) groups excluding carboxylic acids is 1. The fraction of sp³-hybridized carbons (Fsp3) is 0.417. The van der Waals surface area contributed by atoms with Crippen molar-refractivity contribution in [1.82, 2.24) is 0 Å². The summed E-state index contributed by atoms with van der Waals surface area (Å²) < 4.78 is 18.2. The Bertz CT molecular complexity index is 311. The van der Waals surface area contributed by atoms with E-state index < -0.39 is 18.1 Å². The first kappa shape index (κ1) is 11.7. The normalized spacial score (nSPS) is 14.3.